The number of carbonyl (C=O) groups is 3. The molecule has 27 heavy (non-hydrogen) atoms. The summed E-state index contributed by atoms with van der Waals surface area (Å²) in [4.78, 5) is 39.1. The third kappa shape index (κ3) is 3.71. The van der Waals surface area contributed by atoms with E-state index in [9.17, 15) is 23.2 Å². The Morgan fingerprint density at radius 2 is 1.70 bits per heavy atom. The molecule has 0 saturated heterocycles. The van der Waals surface area contributed by atoms with E-state index in [0.29, 0.717) is 5.75 Å². The van der Waals surface area contributed by atoms with Crippen LogP contribution in [-0.4, -0.2) is 40.7 Å². The van der Waals surface area contributed by atoms with Gasteiger partial charge in [0.1, 0.15) is 6.04 Å². The number of nitrogens with one attached hydrogen (secondary N) is 1. The predicted octanol–water partition coefficient (Wildman–Crippen LogP) is 3.32. The molecule has 1 atom stereocenters. The molecule has 8 heteroatoms. The number of carbonyl (C=O) groups excluding carboxylic acids is 3. The largest absolute Gasteiger partial charge is 0.324 e. The number of amides is 3. The molecule has 3 rings (SSSR count). The Bertz CT molecular complexity index is 885. The monoisotopic (exact) mass is 390 g/mol. The summed E-state index contributed by atoms with van der Waals surface area (Å²) in [5.41, 5.74) is 0.541. The molecule has 1 N–H and O–H groups in total. The van der Waals surface area contributed by atoms with Crippen molar-refractivity contribution in [2.75, 3.05) is 17.3 Å². The zero-order valence-corrected chi connectivity index (χ0v) is 15.2. The van der Waals surface area contributed by atoms with Crippen LogP contribution in [0.4, 0.5) is 14.5 Å². The quantitative estimate of drug-likeness (QED) is 0.769. The molecule has 0 aromatic heterocycles. The van der Waals surface area contributed by atoms with Crippen molar-refractivity contribution in [2.24, 2.45) is 0 Å². The van der Waals surface area contributed by atoms with Crippen molar-refractivity contribution in [3.8, 4) is 0 Å². The minimum atomic E-state index is -1.10. The molecule has 5 nitrogen and oxygen atoms in total. The standard InChI is InChI=1S/C19H16F2N2O3S/c1-27-9-8-16(17(24)22-11-6-7-14(20)15(21)10-11)23-18(25)12-4-2-3-5-13(12)19(23)26/h2-7,10,16H,8-9H2,1H3,(H,22,24). The fourth-order valence-electron chi connectivity index (χ4n) is 2.90. The molecular formula is C19H16F2N2O3S. The van der Waals surface area contributed by atoms with Gasteiger partial charge in [0, 0.05) is 11.8 Å². The lowest BCUT2D eigenvalue weighted by Gasteiger charge is -2.25. The summed E-state index contributed by atoms with van der Waals surface area (Å²) in [6.07, 6.45) is 2.08. The molecule has 0 fully saturated rings. The zero-order chi connectivity index (χ0) is 19.6. The van der Waals surface area contributed by atoms with Crippen LogP contribution in [0.1, 0.15) is 27.1 Å². The summed E-state index contributed by atoms with van der Waals surface area (Å²) in [6, 6.07) is 8.26. The Hall–Kier alpha value is -2.74. The highest BCUT2D eigenvalue weighted by Gasteiger charge is 2.42. The van der Waals surface area contributed by atoms with Crippen molar-refractivity contribution in [3.63, 3.8) is 0 Å². The number of thioether (sulfide) groups is 1. The van der Waals surface area contributed by atoms with Gasteiger partial charge in [0.05, 0.1) is 11.1 Å². The van der Waals surface area contributed by atoms with E-state index >= 15 is 0 Å². The average Bonchev–Trinajstić information content (AvgIpc) is 2.90. The number of anilines is 1. The van der Waals surface area contributed by atoms with Gasteiger partial charge < -0.3 is 5.32 Å². The first-order valence-electron chi connectivity index (χ1n) is 8.15. The Morgan fingerprint density at radius 1 is 1.07 bits per heavy atom. The van der Waals surface area contributed by atoms with Gasteiger partial charge in [-0.05, 0) is 42.7 Å². The molecule has 2 aromatic rings. The molecule has 1 aliphatic heterocycles. The molecule has 0 bridgehead atoms. The van der Waals surface area contributed by atoms with E-state index in [-0.39, 0.29) is 23.2 Å². The maximum absolute atomic E-state index is 13.4. The van der Waals surface area contributed by atoms with Gasteiger partial charge in [-0.3, -0.25) is 19.3 Å². The van der Waals surface area contributed by atoms with Crippen molar-refractivity contribution in [2.45, 2.75) is 12.5 Å². The molecule has 3 amide bonds. The van der Waals surface area contributed by atoms with Gasteiger partial charge in [0.15, 0.2) is 11.6 Å². The molecular weight excluding hydrogens is 374 g/mol. The molecule has 0 saturated carbocycles. The van der Waals surface area contributed by atoms with E-state index in [1.54, 1.807) is 12.1 Å². The van der Waals surface area contributed by atoms with Gasteiger partial charge in [-0.15, -0.1) is 0 Å². The van der Waals surface area contributed by atoms with Gasteiger partial charge in [-0.25, -0.2) is 8.78 Å². The Kier molecular flexibility index (Phi) is 5.55. The van der Waals surface area contributed by atoms with Crippen LogP contribution in [-0.2, 0) is 4.79 Å². The number of imide groups is 1. The minimum absolute atomic E-state index is 0.0460. The second-order valence-electron chi connectivity index (χ2n) is 5.94. The second kappa shape index (κ2) is 7.87. The highest BCUT2D eigenvalue weighted by atomic mass is 32.2. The highest BCUT2D eigenvalue weighted by molar-refractivity contribution is 7.98. The van der Waals surface area contributed by atoms with E-state index in [1.807, 2.05) is 6.26 Å². The van der Waals surface area contributed by atoms with Crippen LogP contribution in [0.15, 0.2) is 42.5 Å². The van der Waals surface area contributed by atoms with Crippen LogP contribution >= 0.6 is 11.8 Å². The van der Waals surface area contributed by atoms with Crippen LogP contribution in [0.2, 0.25) is 0 Å². The summed E-state index contributed by atoms with van der Waals surface area (Å²) in [5.74, 6) is -3.32. The van der Waals surface area contributed by atoms with Crippen LogP contribution in [0.5, 0.6) is 0 Å². The maximum Gasteiger partial charge on any atom is 0.262 e. The van der Waals surface area contributed by atoms with E-state index < -0.39 is 35.4 Å². The molecule has 1 aliphatic rings. The number of hydrogen-bond acceptors (Lipinski definition) is 4. The molecule has 0 spiro atoms. The topological polar surface area (TPSA) is 66.5 Å². The fraction of sp³-hybridized carbons (Fsp3) is 0.211. The number of benzene rings is 2. The SMILES string of the molecule is CSCCC(C(=O)Nc1ccc(F)c(F)c1)N1C(=O)c2ccccc2C1=O. The minimum Gasteiger partial charge on any atom is -0.324 e. The normalized spacial score (nSPS) is 14.3. The van der Waals surface area contributed by atoms with Gasteiger partial charge in [0.2, 0.25) is 5.91 Å². The third-order valence-corrected chi connectivity index (χ3v) is 4.87. The maximum atomic E-state index is 13.4. The predicted molar refractivity (Wildman–Crippen MR) is 98.7 cm³/mol. The molecule has 1 unspecified atom stereocenters. The van der Waals surface area contributed by atoms with Gasteiger partial charge >= 0.3 is 0 Å². The van der Waals surface area contributed by atoms with E-state index in [2.05, 4.69) is 5.32 Å². The highest BCUT2D eigenvalue weighted by Crippen LogP contribution is 2.27. The van der Waals surface area contributed by atoms with Gasteiger partial charge in [-0.2, -0.15) is 11.8 Å². The lowest BCUT2D eigenvalue weighted by molar-refractivity contribution is -0.120. The molecule has 2 aromatic carbocycles. The lowest BCUT2D eigenvalue weighted by Crippen LogP contribution is -2.47. The number of hydrogen-bond donors (Lipinski definition) is 1. The van der Waals surface area contributed by atoms with Crippen molar-refractivity contribution in [3.05, 3.63) is 65.2 Å². The fourth-order valence-corrected chi connectivity index (χ4v) is 3.36. The first-order valence-corrected chi connectivity index (χ1v) is 9.55. The zero-order valence-electron chi connectivity index (χ0n) is 14.4. The summed E-state index contributed by atoms with van der Waals surface area (Å²) in [6.45, 7) is 0. The number of fused-ring (bicyclic) bond motifs is 1. The van der Waals surface area contributed by atoms with Crippen LogP contribution in [0.3, 0.4) is 0 Å². The number of halogens is 2. The van der Waals surface area contributed by atoms with Crippen LogP contribution in [0, 0.1) is 11.6 Å². The first kappa shape index (κ1) is 19.0. The van der Waals surface area contributed by atoms with Crippen molar-refractivity contribution >= 4 is 35.2 Å². The summed E-state index contributed by atoms with van der Waals surface area (Å²) in [7, 11) is 0. The van der Waals surface area contributed by atoms with Gasteiger partial charge in [0.25, 0.3) is 11.8 Å². The molecule has 0 aliphatic carbocycles. The van der Waals surface area contributed by atoms with Crippen LogP contribution in [0.25, 0.3) is 0 Å². The van der Waals surface area contributed by atoms with Gasteiger partial charge in [-0.1, -0.05) is 12.1 Å². The molecule has 1 heterocycles. The average molecular weight is 390 g/mol. The van der Waals surface area contributed by atoms with Crippen LogP contribution < -0.4 is 5.32 Å². The van der Waals surface area contributed by atoms with Crippen molar-refractivity contribution in [1.82, 2.24) is 4.90 Å². The molecule has 140 valence electrons. The summed E-state index contributed by atoms with van der Waals surface area (Å²) >= 11 is 1.46. The Morgan fingerprint density at radius 3 is 2.26 bits per heavy atom. The lowest BCUT2D eigenvalue weighted by atomic mass is 10.1. The summed E-state index contributed by atoms with van der Waals surface area (Å²) < 4.78 is 26.5. The van der Waals surface area contributed by atoms with E-state index in [4.69, 9.17) is 0 Å². The molecule has 0 radical (unpaired) electrons. The van der Waals surface area contributed by atoms with Crippen molar-refractivity contribution in [1.29, 1.82) is 0 Å². The summed E-state index contributed by atoms with van der Waals surface area (Å²) in [5, 5.41) is 2.46. The Balaban J connectivity index is 1.87. The van der Waals surface area contributed by atoms with E-state index in [1.165, 1.54) is 30.0 Å². The number of nitrogens with zero attached hydrogens (tertiary/aromatic N) is 1. The van der Waals surface area contributed by atoms with E-state index in [0.717, 1.165) is 17.0 Å². The smallest absolute Gasteiger partial charge is 0.262 e. The second-order valence-corrected chi connectivity index (χ2v) is 6.93. The number of rotatable bonds is 6. The third-order valence-electron chi connectivity index (χ3n) is 4.22. The van der Waals surface area contributed by atoms with Crippen molar-refractivity contribution < 1.29 is 23.2 Å². The Labute approximate surface area is 158 Å². The first-order chi connectivity index (χ1) is 12.9.